The fourth-order valence-corrected chi connectivity index (χ4v) is 13.3. The van der Waals surface area contributed by atoms with Crippen molar-refractivity contribution in [2.75, 3.05) is 35.8 Å². The van der Waals surface area contributed by atoms with Crippen LogP contribution < -0.4 is 35.6 Å². The van der Waals surface area contributed by atoms with Crippen LogP contribution in [0.15, 0.2) is 212 Å². The Morgan fingerprint density at radius 1 is 0.411 bits per heavy atom. The standard InChI is InChI=1S/C28H28N6O2.C28H26N6O2.C20H18BrN5O2.C8H10BNO2/c2*35-28-22-16-20(21-10-12-23(29-17-21)19-8-9-19)11-13-25(22)36-15-4-2-1-3-14-34-18-30-33-27(34)24-6-5-7-26(31-24)32-28;21-14-8-9-17-15(12-14)20(27)24-18-7-5-6-16(23-18)19-25-22-13-26(19)10-3-1-2-4-11-28-17;11-9(12)7-3-4-8(10-5-7)6-1-2-6/h5-7,10-13,16-19H,1-4,8-9,14-15H2,(H,31,32,35);1,3,5-7,10-13,16-19H,2,4,8-9,14-15H2,(H,31,32,35);1,3,5-9,12-13H,2,4,10-11H2,(H,23,24,27);3-6,11-12H,1-2H2/b;2*3-1-;. The number of benzene rings is 3. The van der Waals surface area contributed by atoms with Gasteiger partial charge in [-0.15, -0.1) is 30.6 Å². The van der Waals surface area contributed by atoms with Gasteiger partial charge in [0.15, 0.2) is 17.5 Å². The van der Waals surface area contributed by atoms with E-state index in [-0.39, 0.29) is 17.7 Å². The zero-order valence-corrected chi connectivity index (χ0v) is 63.1. The second-order valence-corrected chi connectivity index (χ2v) is 28.9. The number of hydrogen-bond acceptors (Lipinski definition) is 20. The monoisotopic (exact) mass is 1560 g/mol. The van der Waals surface area contributed by atoms with Crippen molar-refractivity contribution >= 4 is 63.7 Å². The molecule has 12 heterocycles. The van der Waals surface area contributed by atoms with Gasteiger partial charge in [0.05, 0.1) is 36.5 Å². The highest BCUT2D eigenvalue weighted by Crippen LogP contribution is 2.42. The molecule has 9 aromatic heterocycles. The van der Waals surface area contributed by atoms with Crippen LogP contribution in [-0.2, 0) is 19.6 Å². The third-order valence-corrected chi connectivity index (χ3v) is 20.0. The lowest BCUT2D eigenvalue weighted by atomic mass is 9.81. The largest absolute Gasteiger partial charge is 0.493 e. The number of nitrogens with zero attached hydrogens (tertiary/aromatic N) is 15. The summed E-state index contributed by atoms with van der Waals surface area (Å²) in [5.41, 5.74) is 10.9. The molecule has 566 valence electrons. The van der Waals surface area contributed by atoms with E-state index in [2.05, 4.69) is 141 Å². The van der Waals surface area contributed by atoms with E-state index >= 15 is 0 Å². The zero-order valence-electron chi connectivity index (χ0n) is 61.5. The molecule has 0 radical (unpaired) electrons. The van der Waals surface area contributed by atoms with Gasteiger partial charge < -0.3 is 53.9 Å². The van der Waals surface area contributed by atoms with Gasteiger partial charge >= 0.3 is 7.12 Å². The number of nitrogens with one attached hydrogen (secondary N) is 3. The molecule has 28 heteroatoms. The molecule has 3 aliphatic carbocycles. The topological polar surface area (TPSA) is 325 Å². The van der Waals surface area contributed by atoms with E-state index in [1.54, 1.807) is 55.4 Å². The van der Waals surface area contributed by atoms with Crippen LogP contribution in [0.4, 0.5) is 17.5 Å². The van der Waals surface area contributed by atoms with Crippen molar-refractivity contribution in [1.29, 1.82) is 0 Å². The summed E-state index contributed by atoms with van der Waals surface area (Å²) in [7, 11) is -1.40. The van der Waals surface area contributed by atoms with Gasteiger partial charge in [-0.3, -0.25) is 29.3 Å². The number of amides is 3. The molecule has 18 rings (SSSR count). The first-order valence-electron chi connectivity index (χ1n) is 38.0. The van der Waals surface area contributed by atoms with Crippen LogP contribution in [0, 0.1) is 0 Å². The zero-order chi connectivity index (χ0) is 76.5. The number of fused-ring (bicyclic) bond motifs is 15. The molecule has 6 aliphatic rings. The summed E-state index contributed by atoms with van der Waals surface area (Å²) in [6.07, 6.45) is 33.6. The van der Waals surface area contributed by atoms with Gasteiger partial charge in [0.1, 0.15) is 70.8 Å². The summed E-state index contributed by atoms with van der Waals surface area (Å²) in [5, 5.41) is 51.1. The van der Waals surface area contributed by atoms with E-state index < -0.39 is 7.12 Å². The molecule has 3 fully saturated rings. The molecular weight excluding hydrogens is 1480 g/mol. The van der Waals surface area contributed by atoms with Crippen LogP contribution in [0.1, 0.15) is 156 Å². The maximum absolute atomic E-state index is 13.5. The number of aromatic nitrogens is 15. The molecule has 5 N–H and O–H groups in total. The summed E-state index contributed by atoms with van der Waals surface area (Å²) in [5.74, 6) is 5.97. The van der Waals surface area contributed by atoms with Gasteiger partial charge in [0, 0.05) is 94.1 Å². The number of allylic oxidation sites excluding steroid dienone is 4. The Morgan fingerprint density at radius 2 is 0.812 bits per heavy atom. The van der Waals surface area contributed by atoms with E-state index in [1.807, 2.05) is 111 Å². The average Bonchev–Trinajstić information content (AvgIpc) is 1.32. The highest BCUT2D eigenvalue weighted by Gasteiger charge is 2.28. The van der Waals surface area contributed by atoms with Crippen molar-refractivity contribution in [2.24, 2.45) is 0 Å². The molecule has 0 atom stereocenters. The normalized spacial score (nSPS) is 16.3. The van der Waals surface area contributed by atoms with Crippen LogP contribution in [0.2, 0.25) is 0 Å². The Morgan fingerprint density at radius 3 is 1.24 bits per heavy atom. The SMILES string of the molecule is O=C1Nc2cccc(n2)-c2nncn2C/C=C\CCCOc2ccc(-c3ccc(C4CC4)nc3)cc21.O=C1Nc2cccc(n2)-c2nncn2C/C=C\CCCOc2ccc(Br)cc21.O=C1Nc2cccc(n2)-c2nncn2CCCCCCOc2ccc(-c3ccc(C4CC4)nc3)cc21.OB(O)c1ccc(C2CC2)nc1. The van der Waals surface area contributed by atoms with E-state index in [4.69, 9.17) is 24.3 Å². The lowest BCUT2D eigenvalue weighted by molar-refractivity contribution is 0.101. The minimum absolute atomic E-state index is 0.271. The maximum Gasteiger partial charge on any atom is 0.490 e. The molecule has 12 aromatic rings. The van der Waals surface area contributed by atoms with Crippen molar-refractivity contribution < 1.29 is 38.6 Å². The number of carbonyl (C=O) groups excluding carboxylic acids is 3. The first-order valence-corrected chi connectivity index (χ1v) is 38.8. The average molecular weight is 1560 g/mol. The number of anilines is 3. The van der Waals surface area contributed by atoms with E-state index in [1.165, 1.54) is 44.7 Å². The maximum atomic E-state index is 13.5. The lowest BCUT2D eigenvalue weighted by Crippen LogP contribution is -2.30. The van der Waals surface area contributed by atoms with Crippen molar-refractivity contribution in [3.05, 3.63) is 246 Å². The molecule has 6 bridgehead atoms. The molecule has 3 amide bonds. The minimum Gasteiger partial charge on any atom is -0.493 e. The van der Waals surface area contributed by atoms with Crippen LogP contribution in [0.25, 0.3) is 56.8 Å². The summed E-state index contributed by atoms with van der Waals surface area (Å²) < 4.78 is 24.6. The van der Waals surface area contributed by atoms with Gasteiger partial charge in [-0.25, -0.2) is 15.0 Å². The second kappa shape index (κ2) is 36.1. The Balaban J connectivity index is 0.000000124. The third kappa shape index (κ3) is 19.7. The van der Waals surface area contributed by atoms with Gasteiger partial charge in [0.2, 0.25) is 0 Å². The van der Waals surface area contributed by atoms with Crippen LogP contribution >= 0.6 is 15.9 Å². The van der Waals surface area contributed by atoms with Gasteiger partial charge in [0.25, 0.3) is 17.7 Å². The molecule has 3 aromatic carbocycles. The quantitative estimate of drug-likeness (QED) is 0.0763. The van der Waals surface area contributed by atoms with Crippen LogP contribution in [0.3, 0.4) is 0 Å². The Hall–Kier alpha value is -12.3. The lowest BCUT2D eigenvalue weighted by Gasteiger charge is -2.15. The van der Waals surface area contributed by atoms with Gasteiger partial charge in [-0.1, -0.05) is 102 Å². The van der Waals surface area contributed by atoms with E-state index in [0.717, 1.165) is 102 Å². The highest BCUT2D eigenvalue weighted by atomic mass is 79.9. The molecular formula is C84H82BBrN18O8. The molecule has 3 saturated carbocycles. The smallest absolute Gasteiger partial charge is 0.490 e. The fraction of sp³-hybridized carbons (Fsp3) is 0.274. The summed E-state index contributed by atoms with van der Waals surface area (Å²) in [4.78, 5) is 67.0. The third-order valence-electron chi connectivity index (χ3n) is 19.5. The number of aryl methyl sites for hydroxylation is 1. The summed E-state index contributed by atoms with van der Waals surface area (Å²) in [6, 6.07) is 45.2. The van der Waals surface area contributed by atoms with Crippen molar-refractivity contribution in [3.8, 4) is 74.1 Å². The summed E-state index contributed by atoms with van der Waals surface area (Å²) in [6.45, 7) is 3.71. The first kappa shape index (κ1) is 75.2. The Kier molecular flexibility index (Phi) is 24.2. The number of ether oxygens (including phenoxy) is 3. The Labute approximate surface area is 655 Å². The van der Waals surface area contributed by atoms with Gasteiger partial charge in [-0.2, -0.15) is 0 Å². The molecule has 0 unspecified atom stereocenters. The Bertz CT molecular complexity index is 5310. The minimum atomic E-state index is -1.40. The fourth-order valence-electron chi connectivity index (χ4n) is 12.9. The molecule has 0 spiro atoms. The van der Waals surface area contributed by atoms with E-state index in [9.17, 15) is 14.4 Å². The molecule has 112 heavy (non-hydrogen) atoms. The highest BCUT2D eigenvalue weighted by molar-refractivity contribution is 9.10. The van der Waals surface area contributed by atoms with Crippen LogP contribution in [-0.4, -0.2) is 129 Å². The number of pyridine rings is 6. The predicted octanol–water partition coefficient (Wildman–Crippen LogP) is 14.5. The second-order valence-electron chi connectivity index (χ2n) is 28.0. The molecule has 0 saturated heterocycles. The number of halogens is 1. The van der Waals surface area contributed by atoms with Crippen LogP contribution in [0.5, 0.6) is 17.2 Å². The number of hydrogen-bond donors (Lipinski definition) is 5. The van der Waals surface area contributed by atoms with Gasteiger partial charge in [-0.05, 0) is 185 Å². The number of carbonyl (C=O) groups is 3. The van der Waals surface area contributed by atoms with E-state index in [0.29, 0.717) is 142 Å². The number of rotatable bonds is 6. The van der Waals surface area contributed by atoms with Crippen molar-refractivity contribution in [3.63, 3.8) is 0 Å². The first-order chi connectivity index (χ1) is 55.0. The predicted molar refractivity (Wildman–Crippen MR) is 429 cm³/mol. The summed E-state index contributed by atoms with van der Waals surface area (Å²) >= 11 is 3.42. The molecule has 26 nitrogen and oxygen atoms in total. The van der Waals surface area contributed by atoms with Crippen molar-refractivity contribution in [1.82, 2.24) is 74.2 Å². The molecule has 3 aliphatic heterocycles. The van der Waals surface area contributed by atoms with Crippen molar-refractivity contribution in [2.45, 2.75) is 127 Å².